The zero-order chi connectivity index (χ0) is 18.5. The Balaban J connectivity index is 1.49. The lowest BCUT2D eigenvalue weighted by Crippen LogP contribution is -2.60. The third-order valence-electron chi connectivity index (χ3n) is 6.97. The van der Waals surface area contributed by atoms with Crippen LogP contribution in [0.2, 0.25) is 0 Å². The van der Waals surface area contributed by atoms with Gasteiger partial charge in [-0.2, -0.15) is 0 Å². The van der Waals surface area contributed by atoms with Crippen molar-refractivity contribution in [1.29, 1.82) is 0 Å². The van der Waals surface area contributed by atoms with E-state index in [-0.39, 0.29) is 5.82 Å². The number of nitrogens with zero attached hydrogens (tertiary/aromatic N) is 2. The van der Waals surface area contributed by atoms with Gasteiger partial charge in [-0.25, -0.2) is 4.39 Å². The van der Waals surface area contributed by atoms with Gasteiger partial charge < -0.3 is 5.11 Å². The highest BCUT2D eigenvalue weighted by atomic mass is 19.1. The van der Waals surface area contributed by atoms with Crippen molar-refractivity contribution in [2.75, 3.05) is 19.6 Å². The summed E-state index contributed by atoms with van der Waals surface area (Å²) in [6, 6.07) is 14.3. The molecule has 4 aliphatic heterocycles. The number of aryl methyl sites for hydroxylation is 1. The van der Waals surface area contributed by atoms with E-state index in [1.165, 1.54) is 31.5 Å². The van der Waals surface area contributed by atoms with Crippen LogP contribution in [-0.2, 0) is 6.54 Å². The summed E-state index contributed by atoms with van der Waals surface area (Å²) in [7, 11) is 0. The van der Waals surface area contributed by atoms with Crippen LogP contribution in [0.4, 0.5) is 4.39 Å². The van der Waals surface area contributed by atoms with Gasteiger partial charge in [0.2, 0.25) is 0 Å². The lowest BCUT2D eigenvalue weighted by atomic mass is 9.75. The minimum absolute atomic E-state index is 0.0892. The number of halogens is 1. The summed E-state index contributed by atoms with van der Waals surface area (Å²) in [5.41, 5.74) is 2.98. The minimum atomic E-state index is -0.0892. The number of fused-ring (bicyclic) bond motifs is 2. The van der Waals surface area contributed by atoms with E-state index >= 15 is 0 Å². The standard InChI is InChI=1S/C23H27FN2O/c1-15-5-6-18(21(24)11-15)13-26-14-20(17-3-2-4-19(27)12-17)23-22(26)16-7-9-25(23)10-8-16/h2-6,11-12,16,20,22-23,27H,7-10,13-14H2,1H3/t20-,22+,23+/m1/s1. The van der Waals surface area contributed by atoms with Crippen molar-refractivity contribution < 1.29 is 9.50 Å². The van der Waals surface area contributed by atoms with Gasteiger partial charge in [0.05, 0.1) is 0 Å². The molecule has 142 valence electrons. The molecule has 0 spiro atoms. The summed E-state index contributed by atoms with van der Waals surface area (Å²) in [5, 5.41) is 9.99. The second kappa shape index (κ2) is 6.61. The Morgan fingerprint density at radius 2 is 1.89 bits per heavy atom. The maximum absolute atomic E-state index is 14.5. The average molecular weight is 366 g/mol. The Bertz CT molecular complexity index is 846. The van der Waals surface area contributed by atoms with Crippen molar-refractivity contribution in [3.8, 4) is 5.75 Å². The van der Waals surface area contributed by atoms with Crippen molar-refractivity contribution in [2.24, 2.45) is 5.92 Å². The van der Waals surface area contributed by atoms with E-state index in [2.05, 4.69) is 15.9 Å². The second-order valence-corrected chi connectivity index (χ2v) is 8.58. The number of benzene rings is 2. The molecular formula is C23H27FN2O. The predicted molar refractivity (Wildman–Crippen MR) is 104 cm³/mol. The summed E-state index contributed by atoms with van der Waals surface area (Å²) in [5.74, 6) is 1.33. The molecule has 3 atom stereocenters. The van der Waals surface area contributed by atoms with Gasteiger partial charge in [-0.3, -0.25) is 9.80 Å². The number of rotatable bonds is 3. The smallest absolute Gasteiger partial charge is 0.127 e. The van der Waals surface area contributed by atoms with Gasteiger partial charge in [0.1, 0.15) is 11.6 Å². The molecule has 6 rings (SSSR count). The van der Waals surface area contributed by atoms with Crippen molar-refractivity contribution in [1.82, 2.24) is 9.80 Å². The molecule has 4 fully saturated rings. The summed E-state index contributed by atoms with van der Waals surface area (Å²) in [4.78, 5) is 5.16. The van der Waals surface area contributed by atoms with Crippen LogP contribution in [0.1, 0.15) is 35.4 Å². The Hall–Kier alpha value is -1.91. The van der Waals surface area contributed by atoms with Gasteiger partial charge in [0, 0.05) is 36.7 Å². The van der Waals surface area contributed by atoms with E-state index in [9.17, 15) is 9.50 Å². The summed E-state index contributed by atoms with van der Waals surface area (Å²) >= 11 is 0. The van der Waals surface area contributed by atoms with Crippen molar-refractivity contribution >= 4 is 0 Å². The van der Waals surface area contributed by atoms with Crippen LogP contribution in [0.25, 0.3) is 0 Å². The largest absolute Gasteiger partial charge is 0.508 e. The number of hydrogen-bond acceptors (Lipinski definition) is 3. The zero-order valence-electron chi connectivity index (χ0n) is 15.8. The molecule has 1 N–H and O–H groups in total. The van der Waals surface area contributed by atoms with Crippen LogP contribution in [0, 0.1) is 18.7 Å². The van der Waals surface area contributed by atoms with Gasteiger partial charge in [-0.05, 0) is 68.1 Å². The van der Waals surface area contributed by atoms with Crippen molar-refractivity contribution in [3.05, 3.63) is 65.0 Å². The van der Waals surface area contributed by atoms with Crippen LogP contribution in [-0.4, -0.2) is 46.6 Å². The molecule has 0 aromatic heterocycles. The molecular weight excluding hydrogens is 339 g/mol. The zero-order valence-corrected chi connectivity index (χ0v) is 15.8. The molecule has 0 aliphatic carbocycles. The molecule has 2 aromatic rings. The van der Waals surface area contributed by atoms with E-state index in [4.69, 9.17) is 0 Å². The number of piperidine rings is 3. The highest BCUT2D eigenvalue weighted by Crippen LogP contribution is 2.47. The van der Waals surface area contributed by atoms with Gasteiger partial charge in [-0.1, -0.05) is 24.3 Å². The fourth-order valence-corrected chi connectivity index (χ4v) is 5.77. The highest BCUT2D eigenvalue weighted by molar-refractivity contribution is 5.34. The van der Waals surface area contributed by atoms with Gasteiger partial charge in [-0.15, -0.1) is 0 Å². The Morgan fingerprint density at radius 3 is 2.63 bits per heavy atom. The first kappa shape index (κ1) is 17.2. The first-order chi connectivity index (χ1) is 13.1. The topological polar surface area (TPSA) is 26.7 Å². The van der Waals surface area contributed by atoms with Crippen LogP contribution < -0.4 is 0 Å². The van der Waals surface area contributed by atoms with E-state index in [0.717, 1.165) is 17.7 Å². The molecule has 4 heterocycles. The van der Waals surface area contributed by atoms with Gasteiger partial charge in [0.15, 0.2) is 0 Å². The van der Waals surface area contributed by atoms with Crippen LogP contribution >= 0.6 is 0 Å². The third-order valence-corrected chi connectivity index (χ3v) is 6.97. The molecule has 3 nitrogen and oxygen atoms in total. The molecule has 27 heavy (non-hydrogen) atoms. The van der Waals surface area contributed by atoms with Gasteiger partial charge >= 0.3 is 0 Å². The van der Waals surface area contributed by atoms with Crippen molar-refractivity contribution in [2.45, 2.75) is 44.3 Å². The summed E-state index contributed by atoms with van der Waals surface area (Å²) < 4.78 is 14.5. The van der Waals surface area contributed by atoms with Crippen LogP contribution in [0.3, 0.4) is 0 Å². The molecule has 4 saturated heterocycles. The number of phenols is 1. The van der Waals surface area contributed by atoms with E-state index in [0.29, 0.717) is 36.2 Å². The van der Waals surface area contributed by atoms with E-state index in [1.54, 1.807) is 12.1 Å². The molecule has 2 bridgehead atoms. The molecule has 0 unspecified atom stereocenters. The van der Waals surface area contributed by atoms with E-state index in [1.807, 2.05) is 31.2 Å². The average Bonchev–Trinajstić information content (AvgIpc) is 3.07. The molecule has 2 aromatic carbocycles. The quantitative estimate of drug-likeness (QED) is 0.892. The molecule has 4 heteroatoms. The number of phenolic OH excluding ortho intramolecular Hbond substituents is 1. The normalized spacial score (nSPS) is 32.6. The fraction of sp³-hybridized carbons (Fsp3) is 0.478. The lowest BCUT2D eigenvalue weighted by Gasteiger charge is -2.51. The summed E-state index contributed by atoms with van der Waals surface area (Å²) in [6.07, 6.45) is 2.50. The maximum Gasteiger partial charge on any atom is 0.127 e. The maximum atomic E-state index is 14.5. The van der Waals surface area contributed by atoms with Crippen molar-refractivity contribution in [3.63, 3.8) is 0 Å². The third kappa shape index (κ3) is 2.95. The summed E-state index contributed by atoms with van der Waals surface area (Å²) in [6.45, 7) is 5.89. The monoisotopic (exact) mass is 366 g/mol. The first-order valence-corrected chi connectivity index (χ1v) is 10.1. The lowest BCUT2D eigenvalue weighted by molar-refractivity contribution is -0.00892. The Morgan fingerprint density at radius 1 is 1.07 bits per heavy atom. The fourth-order valence-electron chi connectivity index (χ4n) is 5.77. The number of aromatic hydroxyl groups is 1. The number of hydrogen-bond donors (Lipinski definition) is 1. The first-order valence-electron chi connectivity index (χ1n) is 10.1. The second-order valence-electron chi connectivity index (χ2n) is 8.58. The molecule has 0 radical (unpaired) electrons. The highest BCUT2D eigenvalue weighted by Gasteiger charge is 2.53. The van der Waals surface area contributed by atoms with E-state index < -0.39 is 0 Å². The van der Waals surface area contributed by atoms with Crippen LogP contribution in [0.15, 0.2) is 42.5 Å². The molecule has 4 aliphatic rings. The van der Waals surface area contributed by atoms with Gasteiger partial charge in [0.25, 0.3) is 0 Å². The Kier molecular flexibility index (Phi) is 4.21. The SMILES string of the molecule is Cc1ccc(CN2C[C@H](c3cccc(O)c3)[C@H]3[C@@H]2C2CCN3CC2)c(F)c1. The predicted octanol–water partition coefficient (Wildman–Crippen LogP) is 3.90. The van der Waals surface area contributed by atoms with Crippen LogP contribution in [0.5, 0.6) is 5.75 Å². The number of likely N-dealkylation sites (tertiary alicyclic amines) is 1. The molecule has 0 saturated carbocycles. The Labute approximate surface area is 160 Å². The minimum Gasteiger partial charge on any atom is -0.508 e. The molecule has 0 amide bonds.